The van der Waals surface area contributed by atoms with Gasteiger partial charge in [0.25, 0.3) is 0 Å². The van der Waals surface area contributed by atoms with Gasteiger partial charge >= 0.3 is 0 Å². The van der Waals surface area contributed by atoms with E-state index in [0.29, 0.717) is 5.92 Å². The van der Waals surface area contributed by atoms with E-state index in [1.165, 1.54) is 37.7 Å². The van der Waals surface area contributed by atoms with Crippen molar-refractivity contribution in [2.45, 2.75) is 63.6 Å². The molecule has 110 valence electrons. The summed E-state index contributed by atoms with van der Waals surface area (Å²) in [6.07, 6.45) is 7.96. The smallest absolute Gasteiger partial charge is 0.0822 e. The van der Waals surface area contributed by atoms with E-state index < -0.39 is 0 Å². The molecular formula is C18H26O2. The van der Waals surface area contributed by atoms with Crippen LogP contribution in [0, 0.1) is 12.8 Å². The Morgan fingerprint density at radius 1 is 1.20 bits per heavy atom. The van der Waals surface area contributed by atoms with Gasteiger partial charge in [-0.25, -0.2) is 0 Å². The molecule has 1 aromatic carbocycles. The fourth-order valence-electron chi connectivity index (χ4n) is 4.05. The van der Waals surface area contributed by atoms with E-state index in [-0.39, 0.29) is 11.7 Å². The number of benzene rings is 1. The number of aliphatic hydroxyl groups excluding tert-OH is 1. The van der Waals surface area contributed by atoms with Gasteiger partial charge < -0.3 is 9.84 Å². The normalized spacial score (nSPS) is 27.4. The predicted octanol–water partition coefficient (Wildman–Crippen LogP) is 4.16. The molecule has 1 N–H and O–H groups in total. The number of hydrogen-bond acceptors (Lipinski definition) is 2. The molecule has 20 heavy (non-hydrogen) atoms. The average Bonchev–Trinajstić information content (AvgIpc) is 2.48. The maximum absolute atomic E-state index is 10.8. The maximum Gasteiger partial charge on any atom is 0.0822 e. The summed E-state index contributed by atoms with van der Waals surface area (Å²) in [4.78, 5) is 0. The van der Waals surface area contributed by atoms with Crippen LogP contribution in [0.5, 0.6) is 0 Å². The minimum atomic E-state index is -0.334. The topological polar surface area (TPSA) is 29.5 Å². The second-order valence-electron chi connectivity index (χ2n) is 6.65. The summed E-state index contributed by atoms with van der Waals surface area (Å²) < 4.78 is 6.14. The van der Waals surface area contributed by atoms with Crippen molar-refractivity contribution >= 4 is 0 Å². The lowest BCUT2D eigenvalue weighted by Crippen LogP contribution is -2.42. The predicted molar refractivity (Wildman–Crippen MR) is 80.6 cm³/mol. The van der Waals surface area contributed by atoms with E-state index in [1.54, 1.807) is 0 Å². The van der Waals surface area contributed by atoms with Crippen LogP contribution >= 0.6 is 0 Å². The molecule has 1 aromatic rings. The van der Waals surface area contributed by atoms with Crippen molar-refractivity contribution < 1.29 is 9.84 Å². The van der Waals surface area contributed by atoms with Crippen molar-refractivity contribution in [3.8, 4) is 0 Å². The van der Waals surface area contributed by atoms with Crippen molar-refractivity contribution in [2.24, 2.45) is 5.92 Å². The summed E-state index contributed by atoms with van der Waals surface area (Å²) in [6, 6.07) is 8.23. The van der Waals surface area contributed by atoms with E-state index >= 15 is 0 Å². The third-order valence-electron chi connectivity index (χ3n) is 5.25. The molecule has 1 heterocycles. The highest BCUT2D eigenvalue weighted by molar-refractivity contribution is 5.28. The summed E-state index contributed by atoms with van der Waals surface area (Å²) in [6.45, 7) is 2.90. The quantitative estimate of drug-likeness (QED) is 0.877. The lowest BCUT2D eigenvalue weighted by atomic mass is 9.73. The SMILES string of the molecule is Cc1ccccc1C(O)C1CCOC2(CCCCC2)C1. The van der Waals surface area contributed by atoms with Gasteiger partial charge in [-0.2, -0.15) is 0 Å². The number of aliphatic hydroxyl groups is 1. The molecular weight excluding hydrogens is 248 g/mol. The van der Waals surface area contributed by atoms with Crippen LogP contribution in [0.2, 0.25) is 0 Å². The minimum Gasteiger partial charge on any atom is -0.388 e. The van der Waals surface area contributed by atoms with Crippen LogP contribution in [0.4, 0.5) is 0 Å². The number of ether oxygens (including phenoxy) is 1. The first kappa shape index (κ1) is 14.1. The Labute approximate surface area is 122 Å². The summed E-state index contributed by atoms with van der Waals surface area (Å²) >= 11 is 0. The first-order valence-corrected chi connectivity index (χ1v) is 8.08. The molecule has 2 heteroatoms. The van der Waals surface area contributed by atoms with Gasteiger partial charge in [-0.3, -0.25) is 0 Å². The molecule has 1 aliphatic heterocycles. The summed E-state index contributed by atoms with van der Waals surface area (Å²) in [5.74, 6) is 0.350. The summed E-state index contributed by atoms with van der Waals surface area (Å²) in [5.41, 5.74) is 2.37. The Morgan fingerprint density at radius 2 is 1.95 bits per heavy atom. The molecule has 2 aliphatic rings. The van der Waals surface area contributed by atoms with Gasteiger partial charge in [0, 0.05) is 6.61 Å². The largest absolute Gasteiger partial charge is 0.388 e. The van der Waals surface area contributed by atoms with E-state index in [9.17, 15) is 5.11 Å². The van der Waals surface area contributed by atoms with Crippen LogP contribution in [0.25, 0.3) is 0 Å². The molecule has 0 aromatic heterocycles. The zero-order valence-electron chi connectivity index (χ0n) is 12.5. The molecule has 2 fully saturated rings. The van der Waals surface area contributed by atoms with Gasteiger partial charge in [-0.05, 0) is 49.7 Å². The molecule has 0 radical (unpaired) electrons. The van der Waals surface area contributed by atoms with Crippen molar-refractivity contribution in [3.63, 3.8) is 0 Å². The lowest BCUT2D eigenvalue weighted by molar-refractivity contribution is -0.134. The fourth-order valence-corrected chi connectivity index (χ4v) is 4.05. The highest BCUT2D eigenvalue weighted by Gasteiger charge is 2.40. The Kier molecular flexibility index (Phi) is 4.13. The van der Waals surface area contributed by atoms with E-state index in [0.717, 1.165) is 25.0 Å². The van der Waals surface area contributed by atoms with Crippen molar-refractivity contribution in [1.29, 1.82) is 0 Å². The van der Waals surface area contributed by atoms with Crippen LogP contribution in [0.15, 0.2) is 24.3 Å². The number of rotatable bonds is 2. The van der Waals surface area contributed by atoms with Gasteiger partial charge in [-0.1, -0.05) is 43.5 Å². The Bertz CT molecular complexity index is 443. The van der Waals surface area contributed by atoms with Gasteiger partial charge in [-0.15, -0.1) is 0 Å². The van der Waals surface area contributed by atoms with E-state index in [2.05, 4.69) is 19.1 Å². The molecule has 1 saturated carbocycles. The van der Waals surface area contributed by atoms with E-state index in [4.69, 9.17) is 4.74 Å². The molecule has 2 unspecified atom stereocenters. The molecule has 2 nitrogen and oxygen atoms in total. The second-order valence-corrected chi connectivity index (χ2v) is 6.65. The zero-order valence-corrected chi connectivity index (χ0v) is 12.5. The Morgan fingerprint density at radius 3 is 2.70 bits per heavy atom. The minimum absolute atomic E-state index is 0.0742. The molecule has 1 saturated heterocycles. The lowest BCUT2D eigenvalue weighted by Gasteiger charge is -2.44. The van der Waals surface area contributed by atoms with Crippen LogP contribution in [-0.4, -0.2) is 17.3 Å². The molecule has 3 rings (SSSR count). The summed E-state index contributed by atoms with van der Waals surface area (Å²) in [7, 11) is 0. The molecule has 1 aliphatic carbocycles. The van der Waals surface area contributed by atoms with Crippen LogP contribution in [-0.2, 0) is 4.74 Å². The third-order valence-corrected chi connectivity index (χ3v) is 5.25. The van der Waals surface area contributed by atoms with Crippen molar-refractivity contribution in [2.75, 3.05) is 6.61 Å². The highest BCUT2D eigenvalue weighted by atomic mass is 16.5. The van der Waals surface area contributed by atoms with Crippen molar-refractivity contribution in [1.82, 2.24) is 0 Å². The third kappa shape index (κ3) is 2.77. The van der Waals surface area contributed by atoms with Gasteiger partial charge in [0.05, 0.1) is 11.7 Å². The average molecular weight is 274 g/mol. The Balaban J connectivity index is 1.75. The van der Waals surface area contributed by atoms with Gasteiger partial charge in [0.15, 0.2) is 0 Å². The Hall–Kier alpha value is -0.860. The monoisotopic (exact) mass is 274 g/mol. The van der Waals surface area contributed by atoms with Gasteiger partial charge in [0.2, 0.25) is 0 Å². The van der Waals surface area contributed by atoms with Crippen LogP contribution in [0.3, 0.4) is 0 Å². The molecule has 1 spiro atoms. The zero-order chi connectivity index (χ0) is 14.0. The molecule has 0 amide bonds. The molecule has 0 bridgehead atoms. The fraction of sp³-hybridized carbons (Fsp3) is 0.667. The first-order valence-electron chi connectivity index (χ1n) is 8.08. The highest BCUT2D eigenvalue weighted by Crippen LogP contribution is 2.44. The second kappa shape index (κ2) is 5.87. The van der Waals surface area contributed by atoms with Gasteiger partial charge in [0.1, 0.15) is 0 Å². The van der Waals surface area contributed by atoms with Crippen LogP contribution < -0.4 is 0 Å². The summed E-state index contributed by atoms with van der Waals surface area (Å²) in [5, 5.41) is 10.8. The number of hydrogen-bond donors (Lipinski definition) is 1. The van der Waals surface area contributed by atoms with E-state index in [1.807, 2.05) is 12.1 Å². The first-order chi connectivity index (χ1) is 9.70. The standard InChI is InChI=1S/C18H26O2/c1-14-7-3-4-8-16(14)17(19)15-9-12-20-18(13-15)10-5-2-6-11-18/h3-4,7-8,15,17,19H,2,5-6,9-13H2,1H3. The molecule has 2 atom stereocenters. The maximum atomic E-state index is 10.8. The van der Waals surface area contributed by atoms with Crippen LogP contribution in [0.1, 0.15) is 62.2 Å². The number of aryl methyl sites for hydroxylation is 1. The van der Waals surface area contributed by atoms with Crippen molar-refractivity contribution in [3.05, 3.63) is 35.4 Å².